The number of carbonyl (C=O) groups is 3. The number of benzene rings is 6. The third-order valence-electron chi connectivity index (χ3n) is 11.0. The summed E-state index contributed by atoms with van der Waals surface area (Å²) in [6.07, 6.45) is 1.70. The topological polar surface area (TPSA) is 224 Å². The Morgan fingerprint density at radius 2 is 1.04 bits per heavy atom. The minimum atomic E-state index is -3.69. The van der Waals surface area contributed by atoms with Crippen molar-refractivity contribution in [2.45, 2.75) is 52.4 Å². The van der Waals surface area contributed by atoms with Gasteiger partial charge in [-0.2, -0.15) is 9.78 Å². The third kappa shape index (κ3) is 14.4. The molecule has 380 valence electrons. The van der Waals surface area contributed by atoms with Gasteiger partial charge in [0.25, 0.3) is 0 Å². The molecule has 2 amide bonds. The molecule has 3 N–H and O–H groups in total. The lowest BCUT2D eigenvalue weighted by atomic mass is 10.1. The van der Waals surface area contributed by atoms with E-state index in [4.69, 9.17) is 14.2 Å². The fourth-order valence-corrected chi connectivity index (χ4v) is 8.06. The Kier molecular flexibility index (Phi) is 16.2. The van der Waals surface area contributed by atoms with Crippen LogP contribution in [-0.4, -0.2) is 86.9 Å². The Morgan fingerprint density at radius 3 is 1.51 bits per heavy atom. The van der Waals surface area contributed by atoms with Crippen LogP contribution in [0.4, 0.5) is 27.8 Å². The van der Waals surface area contributed by atoms with Crippen LogP contribution in [0.2, 0.25) is 0 Å². The van der Waals surface area contributed by atoms with E-state index in [-0.39, 0.29) is 36.3 Å². The van der Waals surface area contributed by atoms with E-state index in [9.17, 15) is 31.2 Å². The molecule has 0 atom stereocenters. The van der Waals surface area contributed by atoms with Gasteiger partial charge >= 0.3 is 6.09 Å². The molecule has 8 rings (SSSR count). The molecule has 0 fully saturated rings. The van der Waals surface area contributed by atoms with E-state index in [1.165, 1.54) is 14.1 Å². The number of aromatic amines is 1. The number of nitrogens with one attached hydrogen (secondary N) is 3. The summed E-state index contributed by atoms with van der Waals surface area (Å²) in [5, 5.41) is 17.8. The fourth-order valence-electron chi connectivity index (χ4n) is 7.16. The lowest BCUT2D eigenvalue weighted by molar-refractivity contribution is -0.116. The molecule has 0 spiro atoms. The molecule has 18 nitrogen and oxygen atoms in total. The number of fused-ring (bicyclic) bond motifs is 2. The summed E-state index contributed by atoms with van der Waals surface area (Å²) >= 11 is 0. The predicted octanol–water partition coefficient (Wildman–Crippen LogP) is 8.69. The second-order valence-electron chi connectivity index (χ2n) is 18.0. The standard InChI is InChI=1S/C29H32N4O6S.C24H24N4O4S/c1-29(2,3)39-28(35)33-25-16-13-22(18-24(25)27(31-33)32(4)40(5,36)37)30-26(34)17-20-11-14-23(15-12-20)38-19-21-9-7-6-8-10-21;1-28(33(2,30)31)24-21-15-19(10-13-22(21)26-27-24)25-23(29)14-17-8-11-20(12-9-17)32-16-18-6-4-3-5-7-18/h6-16,18H,17,19H2,1-5H3,(H,30,34);3-13,15H,14,16H2,1-2H3,(H,25,29)(H,26,27). The lowest BCUT2D eigenvalue weighted by Crippen LogP contribution is -2.29. The zero-order valence-corrected chi connectivity index (χ0v) is 43.0. The van der Waals surface area contributed by atoms with E-state index in [0.29, 0.717) is 52.1 Å². The molecule has 20 heteroatoms. The number of anilines is 4. The van der Waals surface area contributed by atoms with Gasteiger partial charge in [0, 0.05) is 36.2 Å². The van der Waals surface area contributed by atoms with Gasteiger partial charge < -0.3 is 24.8 Å². The molecule has 0 radical (unpaired) electrons. The number of aromatic nitrogens is 4. The van der Waals surface area contributed by atoms with Gasteiger partial charge in [0.1, 0.15) is 30.3 Å². The Hall–Kier alpha value is -8.23. The highest BCUT2D eigenvalue weighted by atomic mass is 32.2. The molecule has 0 aliphatic carbocycles. The minimum Gasteiger partial charge on any atom is -0.489 e. The van der Waals surface area contributed by atoms with Crippen molar-refractivity contribution >= 4 is 82.8 Å². The highest BCUT2D eigenvalue weighted by Gasteiger charge is 2.26. The smallest absolute Gasteiger partial charge is 0.435 e. The monoisotopic (exact) mass is 1030 g/mol. The largest absolute Gasteiger partial charge is 0.489 e. The molecule has 8 aromatic rings. The molecular formula is C53H56N8O10S2. The van der Waals surface area contributed by atoms with Crippen LogP contribution in [0.3, 0.4) is 0 Å². The molecule has 0 saturated carbocycles. The quantitative estimate of drug-likeness (QED) is 0.0827. The normalized spacial score (nSPS) is 11.5. The van der Waals surface area contributed by atoms with E-state index in [0.717, 1.165) is 53.8 Å². The molecule has 2 aromatic heterocycles. The first-order valence-electron chi connectivity index (χ1n) is 22.8. The van der Waals surface area contributed by atoms with Crippen molar-refractivity contribution in [3.8, 4) is 11.5 Å². The van der Waals surface area contributed by atoms with Crippen molar-refractivity contribution in [3.05, 3.63) is 168 Å². The predicted molar refractivity (Wildman–Crippen MR) is 283 cm³/mol. The summed E-state index contributed by atoms with van der Waals surface area (Å²) in [7, 11) is -4.38. The van der Waals surface area contributed by atoms with Gasteiger partial charge in [-0.05, 0) is 104 Å². The van der Waals surface area contributed by atoms with Crippen molar-refractivity contribution in [3.63, 3.8) is 0 Å². The van der Waals surface area contributed by atoms with E-state index in [2.05, 4.69) is 25.9 Å². The van der Waals surface area contributed by atoms with E-state index in [1.807, 2.05) is 109 Å². The van der Waals surface area contributed by atoms with Crippen LogP contribution < -0.4 is 28.7 Å². The van der Waals surface area contributed by atoms with Crippen LogP contribution in [0, 0.1) is 0 Å². The Labute approximate surface area is 424 Å². The molecule has 0 aliphatic rings. The van der Waals surface area contributed by atoms with Gasteiger partial charge in [-0.15, -0.1) is 5.10 Å². The van der Waals surface area contributed by atoms with E-state index < -0.39 is 31.7 Å². The minimum absolute atomic E-state index is 0.0329. The molecule has 0 unspecified atom stereocenters. The van der Waals surface area contributed by atoms with Crippen LogP contribution in [-0.2, 0) is 60.4 Å². The molecule has 6 aromatic carbocycles. The molecular weight excluding hydrogens is 973 g/mol. The molecule has 0 aliphatic heterocycles. The first-order valence-corrected chi connectivity index (χ1v) is 26.5. The number of amides is 2. The highest BCUT2D eigenvalue weighted by molar-refractivity contribution is 7.92. The lowest BCUT2D eigenvalue weighted by Gasteiger charge is -2.19. The number of hydrogen-bond donors (Lipinski definition) is 3. The Bertz CT molecular complexity index is 3450. The summed E-state index contributed by atoms with van der Waals surface area (Å²) in [5.41, 5.74) is 4.99. The Morgan fingerprint density at radius 1 is 0.589 bits per heavy atom. The van der Waals surface area contributed by atoms with Crippen LogP contribution in [0.25, 0.3) is 21.8 Å². The summed E-state index contributed by atoms with van der Waals surface area (Å²) in [6, 6.07) is 44.4. The fraction of sp³-hybridized carbons (Fsp3) is 0.226. The number of ether oxygens (including phenoxy) is 3. The first kappa shape index (κ1) is 52.6. The van der Waals surface area contributed by atoms with Crippen molar-refractivity contribution in [1.29, 1.82) is 0 Å². The zero-order valence-electron chi connectivity index (χ0n) is 41.3. The number of H-pyrrole nitrogens is 1. The third-order valence-corrected chi connectivity index (χ3v) is 13.3. The van der Waals surface area contributed by atoms with Crippen LogP contribution in [0.5, 0.6) is 11.5 Å². The summed E-state index contributed by atoms with van der Waals surface area (Å²) < 4.78 is 68.4. The van der Waals surface area contributed by atoms with Crippen molar-refractivity contribution in [1.82, 2.24) is 20.0 Å². The number of sulfonamides is 2. The van der Waals surface area contributed by atoms with Gasteiger partial charge in [0.2, 0.25) is 31.9 Å². The van der Waals surface area contributed by atoms with Crippen molar-refractivity contribution in [2.24, 2.45) is 0 Å². The highest BCUT2D eigenvalue weighted by Crippen LogP contribution is 2.31. The number of carbonyl (C=O) groups excluding carboxylic acids is 3. The second kappa shape index (κ2) is 22.5. The van der Waals surface area contributed by atoms with Gasteiger partial charge in [-0.25, -0.2) is 21.6 Å². The number of hydrogen-bond acceptors (Lipinski definition) is 12. The first-order chi connectivity index (χ1) is 34.6. The van der Waals surface area contributed by atoms with E-state index in [1.54, 1.807) is 57.2 Å². The van der Waals surface area contributed by atoms with Crippen molar-refractivity contribution < 1.29 is 45.4 Å². The molecule has 0 bridgehead atoms. The number of nitrogens with zero attached hydrogens (tertiary/aromatic N) is 5. The average molecular weight is 1030 g/mol. The molecule has 2 heterocycles. The summed E-state index contributed by atoms with van der Waals surface area (Å²) in [4.78, 5) is 38.2. The Balaban J connectivity index is 0.000000218. The maximum atomic E-state index is 12.8. The maximum absolute atomic E-state index is 12.8. The average Bonchev–Trinajstić information content (AvgIpc) is 3.94. The van der Waals surface area contributed by atoms with Crippen LogP contribution in [0.1, 0.15) is 43.0 Å². The van der Waals surface area contributed by atoms with E-state index >= 15 is 0 Å². The van der Waals surface area contributed by atoms with Crippen molar-refractivity contribution in [2.75, 3.05) is 45.9 Å². The summed E-state index contributed by atoms with van der Waals surface area (Å²) in [5.74, 6) is 1.28. The second-order valence-corrected chi connectivity index (χ2v) is 22.0. The SMILES string of the molecule is CN(c1n[nH]c2ccc(NC(=O)Cc3ccc(OCc4ccccc4)cc3)cc12)S(C)(=O)=O.CN(c1nn(C(=O)OC(C)(C)C)c2ccc(NC(=O)Cc3ccc(OCc4ccccc4)cc3)cc12)S(C)(=O)=O. The van der Waals surface area contributed by atoms with Gasteiger partial charge in [0.15, 0.2) is 11.6 Å². The van der Waals surface area contributed by atoms with Crippen LogP contribution >= 0.6 is 0 Å². The van der Waals surface area contributed by atoms with Crippen LogP contribution in [0.15, 0.2) is 146 Å². The van der Waals surface area contributed by atoms with Gasteiger partial charge in [-0.3, -0.25) is 23.3 Å². The van der Waals surface area contributed by atoms with Gasteiger partial charge in [0.05, 0.1) is 36.4 Å². The number of rotatable bonds is 16. The molecule has 73 heavy (non-hydrogen) atoms. The van der Waals surface area contributed by atoms with Gasteiger partial charge in [-0.1, -0.05) is 84.9 Å². The zero-order chi connectivity index (χ0) is 52.5. The maximum Gasteiger partial charge on any atom is 0.435 e. The molecule has 0 saturated heterocycles. The summed E-state index contributed by atoms with van der Waals surface area (Å²) in [6.45, 7) is 6.09.